The van der Waals surface area contributed by atoms with Crippen LogP contribution in [0.2, 0.25) is 10.2 Å². The first-order valence-corrected chi connectivity index (χ1v) is 3.79. The zero-order valence-electron chi connectivity index (χ0n) is 5.97. The predicted molar refractivity (Wildman–Crippen MR) is 45.0 cm³/mol. The van der Waals surface area contributed by atoms with Crippen LogP contribution in [0.3, 0.4) is 0 Å². The highest BCUT2D eigenvalue weighted by Crippen LogP contribution is 2.18. The molecule has 0 atom stereocenters. The fourth-order valence-corrected chi connectivity index (χ4v) is 0.960. The van der Waals surface area contributed by atoms with Crippen LogP contribution in [0.1, 0.15) is 5.69 Å². The van der Waals surface area contributed by atoms with Gasteiger partial charge in [-0.15, -0.1) is 0 Å². The molecule has 0 spiro atoms. The topological polar surface area (TPSA) is 22.1 Å². The highest BCUT2D eigenvalue weighted by atomic mass is 35.5. The normalized spacial score (nSPS) is 10.1. The van der Waals surface area contributed by atoms with Crippen molar-refractivity contribution in [2.75, 3.05) is 7.11 Å². The molecule has 0 radical (unpaired) electrons. The van der Waals surface area contributed by atoms with Crippen molar-refractivity contribution in [1.82, 2.24) is 4.98 Å². The largest absolute Gasteiger partial charge is 0.378 e. The molecule has 0 fully saturated rings. The van der Waals surface area contributed by atoms with Gasteiger partial charge in [-0.3, -0.25) is 0 Å². The van der Waals surface area contributed by atoms with Crippen LogP contribution in [0.15, 0.2) is 12.1 Å². The Hall–Kier alpha value is -0.310. The van der Waals surface area contributed by atoms with Gasteiger partial charge in [0.15, 0.2) is 0 Å². The van der Waals surface area contributed by atoms with E-state index in [4.69, 9.17) is 27.9 Å². The van der Waals surface area contributed by atoms with Crippen LogP contribution >= 0.6 is 23.2 Å². The Balaban J connectivity index is 2.86. The Kier molecular flexibility index (Phi) is 3.12. The Morgan fingerprint density at radius 1 is 1.45 bits per heavy atom. The molecule has 0 unspecified atom stereocenters. The molecule has 0 aliphatic carbocycles. The average molecular weight is 192 g/mol. The lowest BCUT2D eigenvalue weighted by molar-refractivity contribution is 0.181. The minimum Gasteiger partial charge on any atom is -0.378 e. The van der Waals surface area contributed by atoms with Gasteiger partial charge in [0.1, 0.15) is 5.15 Å². The van der Waals surface area contributed by atoms with Crippen molar-refractivity contribution in [3.63, 3.8) is 0 Å². The number of hydrogen-bond acceptors (Lipinski definition) is 2. The number of methoxy groups -OCH3 is 1. The molecular formula is C7H7Cl2NO. The molecule has 0 N–H and O–H groups in total. The second kappa shape index (κ2) is 3.90. The van der Waals surface area contributed by atoms with Crippen LogP contribution in [0.25, 0.3) is 0 Å². The first-order valence-electron chi connectivity index (χ1n) is 3.04. The first kappa shape index (κ1) is 8.78. The smallest absolute Gasteiger partial charge is 0.148 e. The van der Waals surface area contributed by atoms with Crippen molar-refractivity contribution in [2.45, 2.75) is 6.61 Å². The van der Waals surface area contributed by atoms with Crippen LogP contribution in [0, 0.1) is 0 Å². The van der Waals surface area contributed by atoms with Crippen LogP contribution < -0.4 is 0 Å². The highest BCUT2D eigenvalue weighted by Gasteiger charge is 1.99. The monoisotopic (exact) mass is 191 g/mol. The maximum absolute atomic E-state index is 5.65. The lowest BCUT2D eigenvalue weighted by atomic mass is 10.4. The Bertz CT molecular complexity index is 252. The fourth-order valence-electron chi connectivity index (χ4n) is 0.683. The molecule has 0 bridgehead atoms. The molecule has 60 valence electrons. The number of halogens is 2. The number of ether oxygens (including phenoxy) is 1. The van der Waals surface area contributed by atoms with Crippen molar-refractivity contribution >= 4 is 23.2 Å². The van der Waals surface area contributed by atoms with Crippen molar-refractivity contribution < 1.29 is 4.74 Å². The number of nitrogens with zero attached hydrogens (tertiary/aromatic N) is 1. The van der Waals surface area contributed by atoms with Gasteiger partial charge >= 0.3 is 0 Å². The van der Waals surface area contributed by atoms with E-state index in [9.17, 15) is 0 Å². The van der Waals surface area contributed by atoms with E-state index in [2.05, 4.69) is 4.98 Å². The van der Waals surface area contributed by atoms with E-state index < -0.39 is 0 Å². The van der Waals surface area contributed by atoms with Crippen molar-refractivity contribution in [2.24, 2.45) is 0 Å². The SMILES string of the molecule is COCc1ccc(Cl)c(Cl)n1. The number of aromatic nitrogens is 1. The third-order valence-electron chi connectivity index (χ3n) is 1.15. The standard InChI is InChI=1S/C7H7Cl2NO/c1-11-4-5-2-3-6(8)7(9)10-5/h2-3H,4H2,1H3. The third kappa shape index (κ3) is 2.33. The maximum Gasteiger partial charge on any atom is 0.148 e. The van der Waals surface area contributed by atoms with E-state index in [-0.39, 0.29) is 0 Å². The third-order valence-corrected chi connectivity index (χ3v) is 1.84. The number of rotatable bonds is 2. The molecular weight excluding hydrogens is 185 g/mol. The maximum atomic E-state index is 5.65. The first-order chi connectivity index (χ1) is 5.24. The Morgan fingerprint density at radius 3 is 2.73 bits per heavy atom. The minimum absolute atomic E-state index is 0.321. The minimum atomic E-state index is 0.321. The van der Waals surface area contributed by atoms with E-state index in [1.165, 1.54) is 0 Å². The van der Waals surface area contributed by atoms with Crippen LogP contribution in [-0.4, -0.2) is 12.1 Å². The molecule has 1 rings (SSSR count). The predicted octanol–water partition coefficient (Wildman–Crippen LogP) is 2.53. The van der Waals surface area contributed by atoms with Crippen molar-refractivity contribution in [3.05, 3.63) is 28.0 Å². The molecule has 1 heterocycles. The van der Waals surface area contributed by atoms with Crippen LogP contribution in [-0.2, 0) is 11.3 Å². The quantitative estimate of drug-likeness (QED) is 0.671. The molecule has 0 saturated carbocycles. The summed E-state index contributed by atoms with van der Waals surface area (Å²) in [6.07, 6.45) is 0. The lowest BCUT2D eigenvalue weighted by Crippen LogP contribution is -1.91. The van der Waals surface area contributed by atoms with Gasteiger partial charge in [0.2, 0.25) is 0 Å². The lowest BCUT2D eigenvalue weighted by Gasteiger charge is -1.99. The number of pyridine rings is 1. The van der Waals surface area contributed by atoms with Gasteiger partial charge in [0.25, 0.3) is 0 Å². The van der Waals surface area contributed by atoms with Gasteiger partial charge in [-0.25, -0.2) is 4.98 Å². The number of hydrogen-bond donors (Lipinski definition) is 0. The van der Waals surface area contributed by atoms with E-state index in [1.807, 2.05) is 0 Å². The van der Waals surface area contributed by atoms with E-state index in [1.54, 1.807) is 19.2 Å². The van der Waals surface area contributed by atoms with Gasteiger partial charge in [-0.05, 0) is 12.1 Å². The summed E-state index contributed by atoms with van der Waals surface area (Å²) in [7, 11) is 1.60. The van der Waals surface area contributed by atoms with E-state index >= 15 is 0 Å². The summed E-state index contributed by atoms with van der Waals surface area (Å²) in [5.41, 5.74) is 0.780. The molecule has 4 heteroatoms. The van der Waals surface area contributed by atoms with Gasteiger partial charge in [-0.2, -0.15) is 0 Å². The van der Waals surface area contributed by atoms with Crippen LogP contribution in [0.4, 0.5) is 0 Å². The van der Waals surface area contributed by atoms with Crippen molar-refractivity contribution in [3.8, 4) is 0 Å². The second-order valence-corrected chi connectivity index (χ2v) is 2.77. The van der Waals surface area contributed by atoms with E-state index in [0.717, 1.165) is 5.69 Å². The van der Waals surface area contributed by atoms with Crippen molar-refractivity contribution in [1.29, 1.82) is 0 Å². The fraction of sp³-hybridized carbons (Fsp3) is 0.286. The molecule has 0 aromatic carbocycles. The summed E-state index contributed by atoms with van der Waals surface area (Å²) in [6, 6.07) is 3.48. The Morgan fingerprint density at radius 2 is 2.18 bits per heavy atom. The summed E-state index contributed by atoms with van der Waals surface area (Å²) in [5, 5.41) is 0.785. The van der Waals surface area contributed by atoms with Gasteiger partial charge < -0.3 is 4.74 Å². The zero-order chi connectivity index (χ0) is 8.27. The second-order valence-electron chi connectivity index (χ2n) is 2.01. The molecule has 1 aromatic rings. The average Bonchev–Trinajstić information content (AvgIpc) is 1.98. The van der Waals surface area contributed by atoms with Crippen LogP contribution in [0.5, 0.6) is 0 Å². The summed E-state index contributed by atoms with van der Waals surface area (Å²) in [6.45, 7) is 0.455. The van der Waals surface area contributed by atoms with Gasteiger partial charge in [-0.1, -0.05) is 23.2 Å². The summed E-state index contributed by atoms with van der Waals surface area (Å²) < 4.78 is 4.86. The summed E-state index contributed by atoms with van der Waals surface area (Å²) in [4.78, 5) is 3.97. The summed E-state index contributed by atoms with van der Waals surface area (Å²) in [5.74, 6) is 0. The Labute approximate surface area is 75.1 Å². The molecule has 2 nitrogen and oxygen atoms in total. The molecule has 1 aromatic heterocycles. The molecule has 11 heavy (non-hydrogen) atoms. The molecule has 0 amide bonds. The zero-order valence-corrected chi connectivity index (χ0v) is 7.49. The highest BCUT2D eigenvalue weighted by molar-refractivity contribution is 6.41. The molecule has 0 saturated heterocycles. The van der Waals surface area contributed by atoms with Gasteiger partial charge in [0.05, 0.1) is 17.3 Å². The molecule has 0 aliphatic heterocycles. The molecule has 0 aliphatic rings. The summed E-state index contributed by atoms with van der Waals surface area (Å²) >= 11 is 11.3. The van der Waals surface area contributed by atoms with E-state index in [0.29, 0.717) is 16.8 Å². The van der Waals surface area contributed by atoms with Gasteiger partial charge in [0, 0.05) is 7.11 Å².